The molecule has 0 radical (unpaired) electrons. The van der Waals surface area contributed by atoms with E-state index in [1.807, 2.05) is 19.3 Å². The molecule has 0 spiro atoms. The fraction of sp³-hybridized carbons (Fsp3) is 0.385. The van der Waals surface area contributed by atoms with Crippen LogP contribution in [0, 0.1) is 6.92 Å². The third kappa shape index (κ3) is 2.33. The van der Waals surface area contributed by atoms with Gasteiger partial charge in [0, 0.05) is 37.6 Å². The van der Waals surface area contributed by atoms with Crippen molar-refractivity contribution < 1.29 is 9.21 Å². The molecule has 0 fully saturated rings. The second-order valence-electron chi connectivity index (χ2n) is 4.91. The molecule has 3 heterocycles. The van der Waals surface area contributed by atoms with Crippen LogP contribution in [-0.4, -0.2) is 26.9 Å². The Morgan fingerprint density at radius 3 is 3.20 bits per heavy atom. The number of hydrogen-bond acceptors (Lipinski definition) is 5. The number of nitrogens with zero attached hydrogens (tertiary/aromatic N) is 3. The molecule has 3 rings (SSSR count). The van der Waals surface area contributed by atoms with Crippen molar-refractivity contribution in [1.82, 2.24) is 19.9 Å². The Bertz CT molecular complexity index is 630. The number of carbonyl (C=O) groups is 1. The van der Waals surface area contributed by atoms with E-state index in [2.05, 4.69) is 19.9 Å². The summed E-state index contributed by atoms with van der Waals surface area (Å²) in [4.78, 5) is 18.1. The van der Waals surface area contributed by atoms with Crippen LogP contribution in [0.15, 0.2) is 22.9 Å². The number of fused-ring (bicyclic) bond motifs is 1. The van der Waals surface area contributed by atoms with E-state index in [9.17, 15) is 4.79 Å². The lowest BCUT2D eigenvalue weighted by molar-refractivity contribution is 0.0924. The number of furan rings is 1. The SMILES string of the molecule is Cc1oc(C(=O)NN)cc1CN1CCn2ccnc2C1. The Kier molecular flexibility index (Phi) is 3.29. The highest BCUT2D eigenvalue weighted by molar-refractivity contribution is 5.91. The Morgan fingerprint density at radius 1 is 1.55 bits per heavy atom. The van der Waals surface area contributed by atoms with E-state index >= 15 is 0 Å². The Balaban J connectivity index is 1.73. The number of amides is 1. The van der Waals surface area contributed by atoms with Gasteiger partial charge in [0.2, 0.25) is 0 Å². The lowest BCUT2D eigenvalue weighted by Crippen LogP contribution is -2.33. The van der Waals surface area contributed by atoms with Gasteiger partial charge < -0.3 is 8.98 Å². The number of hydrazine groups is 1. The average molecular weight is 275 g/mol. The van der Waals surface area contributed by atoms with Crippen molar-refractivity contribution in [3.05, 3.63) is 41.4 Å². The van der Waals surface area contributed by atoms with E-state index in [1.165, 1.54) is 0 Å². The summed E-state index contributed by atoms with van der Waals surface area (Å²) in [6.07, 6.45) is 3.82. The zero-order chi connectivity index (χ0) is 14.1. The Hall–Kier alpha value is -2.12. The molecule has 106 valence electrons. The second-order valence-corrected chi connectivity index (χ2v) is 4.91. The summed E-state index contributed by atoms with van der Waals surface area (Å²) in [7, 11) is 0. The third-order valence-electron chi connectivity index (χ3n) is 3.59. The number of rotatable bonds is 3. The highest BCUT2D eigenvalue weighted by Gasteiger charge is 2.20. The van der Waals surface area contributed by atoms with Gasteiger partial charge in [-0.1, -0.05) is 0 Å². The first-order valence-corrected chi connectivity index (χ1v) is 6.50. The van der Waals surface area contributed by atoms with Crippen LogP contribution < -0.4 is 11.3 Å². The first kappa shape index (κ1) is 12.9. The molecule has 2 aromatic rings. The minimum Gasteiger partial charge on any atom is -0.456 e. The smallest absolute Gasteiger partial charge is 0.300 e. The van der Waals surface area contributed by atoms with E-state index in [4.69, 9.17) is 10.3 Å². The molecule has 1 aliphatic heterocycles. The zero-order valence-corrected chi connectivity index (χ0v) is 11.3. The van der Waals surface area contributed by atoms with Gasteiger partial charge in [-0.05, 0) is 13.0 Å². The van der Waals surface area contributed by atoms with E-state index in [-0.39, 0.29) is 5.76 Å². The van der Waals surface area contributed by atoms with Crippen molar-refractivity contribution in [2.24, 2.45) is 5.84 Å². The van der Waals surface area contributed by atoms with Gasteiger partial charge in [0.15, 0.2) is 5.76 Å². The molecule has 2 aromatic heterocycles. The van der Waals surface area contributed by atoms with Gasteiger partial charge >= 0.3 is 5.91 Å². The van der Waals surface area contributed by atoms with Crippen LogP contribution in [-0.2, 0) is 19.6 Å². The molecular formula is C13H17N5O2. The highest BCUT2D eigenvalue weighted by Crippen LogP contribution is 2.19. The summed E-state index contributed by atoms with van der Waals surface area (Å²) in [5.74, 6) is 6.76. The highest BCUT2D eigenvalue weighted by atomic mass is 16.4. The summed E-state index contributed by atoms with van der Waals surface area (Å²) in [5.41, 5.74) is 3.08. The molecule has 0 saturated carbocycles. The molecule has 0 unspecified atom stereocenters. The van der Waals surface area contributed by atoms with Crippen molar-refractivity contribution in [1.29, 1.82) is 0 Å². The predicted octanol–water partition coefficient (Wildman–Crippen LogP) is 0.404. The summed E-state index contributed by atoms with van der Waals surface area (Å²) >= 11 is 0. The normalized spacial score (nSPS) is 15.1. The molecule has 0 aliphatic carbocycles. The summed E-state index contributed by atoms with van der Waals surface area (Å²) in [5, 5.41) is 0. The largest absolute Gasteiger partial charge is 0.456 e. The molecule has 1 aliphatic rings. The molecule has 0 atom stereocenters. The monoisotopic (exact) mass is 275 g/mol. The maximum Gasteiger partial charge on any atom is 0.300 e. The molecule has 20 heavy (non-hydrogen) atoms. The predicted molar refractivity (Wildman–Crippen MR) is 71.4 cm³/mol. The standard InChI is InChI=1S/C13H17N5O2/c1-9-10(6-11(20-9)13(19)16-14)7-17-4-5-18-3-2-15-12(18)8-17/h2-3,6H,4-5,7-8,14H2,1H3,(H,16,19). The van der Waals surface area contributed by atoms with Crippen LogP contribution in [0.1, 0.15) is 27.7 Å². The topological polar surface area (TPSA) is 89.3 Å². The van der Waals surface area contributed by atoms with Crippen LogP contribution in [0.4, 0.5) is 0 Å². The van der Waals surface area contributed by atoms with Gasteiger partial charge in [-0.3, -0.25) is 15.1 Å². The third-order valence-corrected chi connectivity index (χ3v) is 3.59. The maximum absolute atomic E-state index is 11.4. The number of nitrogens with two attached hydrogens (primary N) is 1. The van der Waals surface area contributed by atoms with Crippen molar-refractivity contribution >= 4 is 5.91 Å². The van der Waals surface area contributed by atoms with Gasteiger partial charge in [-0.25, -0.2) is 10.8 Å². The molecule has 7 nitrogen and oxygen atoms in total. The molecular weight excluding hydrogens is 258 g/mol. The van der Waals surface area contributed by atoms with Crippen molar-refractivity contribution in [3.63, 3.8) is 0 Å². The lowest BCUT2D eigenvalue weighted by Gasteiger charge is -2.27. The maximum atomic E-state index is 11.4. The summed E-state index contributed by atoms with van der Waals surface area (Å²) in [6, 6.07) is 1.75. The van der Waals surface area contributed by atoms with E-state index in [1.54, 1.807) is 6.07 Å². The number of nitrogens with one attached hydrogen (secondary N) is 1. The number of imidazole rings is 1. The van der Waals surface area contributed by atoms with Crippen LogP contribution in [0.25, 0.3) is 0 Å². The van der Waals surface area contributed by atoms with Gasteiger partial charge in [-0.2, -0.15) is 0 Å². The fourth-order valence-electron chi connectivity index (χ4n) is 2.46. The van der Waals surface area contributed by atoms with Gasteiger partial charge in [-0.15, -0.1) is 0 Å². The zero-order valence-electron chi connectivity index (χ0n) is 11.3. The van der Waals surface area contributed by atoms with Crippen LogP contribution in [0.3, 0.4) is 0 Å². The fourth-order valence-corrected chi connectivity index (χ4v) is 2.46. The summed E-state index contributed by atoms with van der Waals surface area (Å²) < 4.78 is 7.58. The average Bonchev–Trinajstić information content (AvgIpc) is 3.05. The quantitative estimate of drug-likeness (QED) is 0.481. The molecule has 0 saturated heterocycles. The van der Waals surface area contributed by atoms with E-state index in [0.717, 1.165) is 43.3 Å². The number of hydrogen-bond donors (Lipinski definition) is 2. The minimum absolute atomic E-state index is 0.249. The molecule has 0 bridgehead atoms. The summed E-state index contributed by atoms with van der Waals surface area (Å²) in [6.45, 7) is 5.28. The van der Waals surface area contributed by atoms with Crippen LogP contribution in [0.5, 0.6) is 0 Å². The van der Waals surface area contributed by atoms with Crippen LogP contribution in [0.2, 0.25) is 0 Å². The Labute approximate surface area is 116 Å². The van der Waals surface area contributed by atoms with Crippen molar-refractivity contribution in [3.8, 4) is 0 Å². The van der Waals surface area contributed by atoms with Gasteiger partial charge in [0.25, 0.3) is 0 Å². The van der Waals surface area contributed by atoms with Gasteiger partial charge in [0.1, 0.15) is 11.6 Å². The Morgan fingerprint density at radius 2 is 2.40 bits per heavy atom. The van der Waals surface area contributed by atoms with E-state index in [0.29, 0.717) is 0 Å². The van der Waals surface area contributed by atoms with Gasteiger partial charge in [0.05, 0.1) is 6.54 Å². The molecule has 0 aromatic carbocycles. The molecule has 3 N–H and O–H groups in total. The second kappa shape index (κ2) is 5.10. The number of aryl methyl sites for hydroxylation is 1. The first-order valence-electron chi connectivity index (χ1n) is 6.50. The first-order chi connectivity index (χ1) is 9.67. The van der Waals surface area contributed by atoms with Crippen LogP contribution >= 0.6 is 0 Å². The molecule has 1 amide bonds. The lowest BCUT2D eigenvalue weighted by atomic mass is 10.2. The van der Waals surface area contributed by atoms with Crippen molar-refractivity contribution in [2.45, 2.75) is 26.6 Å². The minimum atomic E-state index is -0.409. The number of carbonyl (C=O) groups excluding carboxylic acids is 1. The van der Waals surface area contributed by atoms with E-state index < -0.39 is 5.91 Å². The number of aromatic nitrogens is 2. The van der Waals surface area contributed by atoms with Crippen molar-refractivity contribution in [2.75, 3.05) is 6.54 Å². The molecule has 7 heteroatoms. The number of nitrogen functional groups attached to an aromatic ring is 1.